The van der Waals surface area contributed by atoms with Gasteiger partial charge < -0.3 is 25.3 Å². The highest BCUT2D eigenvalue weighted by molar-refractivity contribution is 7.15. The molecule has 3 aromatic heterocycles. The SMILES string of the molecule is COc1nc(OC2CC3(CC(NC(=O)c4cnn5cc(OCC(F)F)ccc45)C3)C2)c(C(N)=O)s1. The van der Waals surface area contributed by atoms with E-state index in [1.165, 1.54) is 30.1 Å². The molecule has 13 heteroatoms. The third-order valence-electron chi connectivity index (χ3n) is 6.38. The van der Waals surface area contributed by atoms with Gasteiger partial charge in [0, 0.05) is 6.04 Å². The number of nitrogens with zero attached hydrogens (tertiary/aromatic N) is 3. The lowest BCUT2D eigenvalue weighted by Gasteiger charge is -2.57. The maximum atomic E-state index is 12.8. The van der Waals surface area contributed by atoms with Crippen molar-refractivity contribution < 1.29 is 32.6 Å². The molecule has 5 rings (SSSR count). The minimum atomic E-state index is -2.57. The van der Waals surface area contributed by atoms with E-state index in [2.05, 4.69) is 15.4 Å². The number of alkyl halides is 2. The van der Waals surface area contributed by atoms with Gasteiger partial charge in [0.1, 0.15) is 18.5 Å². The minimum absolute atomic E-state index is 0.0348. The number of thiazole rings is 1. The van der Waals surface area contributed by atoms with Gasteiger partial charge in [0.25, 0.3) is 23.4 Å². The Balaban J connectivity index is 1.13. The normalized spacial score (nSPS) is 23.1. The van der Waals surface area contributed by atoms with Crippen LogP contribution in [0.4, 0.5) is 8.78 Å². The number of amides is 2. The Bertz CT molecular complexity index is 1260. The Kier molecular flexibility index (Phi) is 5.95. The Morgan fingerprint density at radius 3 is 2.77 bits per heavy atom. The van der Waals surface area contributed by atoms with Crippen LogP contribution in [0, 0.1) is 5.41 Å². The van der Waals surface area contributed by atoms with Crippen LogP contribution in [-0.2, 0) is 0 Å². The molecule has 2 amide bonds. The van der Waals surface area contributed by atoms with Gasteiger partial charge in [-0.25, -0.2) is 13.3 Å². The number of carbonyl (C=O) groups excluding carboxylic acids is 2. The highest BCUT2D eigenvalue weighted by Crippen LogP contribution is 2.57. The van der Waals surface area contributed by atoms with E-state index >= 15 is 0 Å². The maximum Gasteiger partial charge on any atom is 0.277 e. The fraction of sp³-hybridized carbons (Fsp3) is 0.455. The first kappa shape index (κ1) is 23.3. The standard InChI is InChI=1S/C22H23F2N5O5S/c1-32-21-28-20(17(35-21)18(25)30)34-13-6-22(7-13)4-11(5-22)27-19(31)14-8-26-29-9-12(2-3-15(14)29)33-10-16(23)24/h2-3,8-9,11,13,16H,4-7,10H2,1H3,(H2,25,30)(H,27,31). The molecule has 0 aromatic carbocycles. The van der Waals surface area contributed by atoms with E-state index < -0.39 is 18.9 Å². The van der Waals surface area contributed by atoms with Crippen LogP contribution >= 0.6 is 11.3 Å². The van der Waals surface area contributed by atoms with Gasteiger partial charge >= 0.3 is 0 Å². The average Bonchev–Trinajstić information content (AvgIpc) is 3.38. The zero-order valence-corrected chi connectivity index (χ0v) is 19.5. The lowest BCUT2D eigenvalue weighted by atomic mass is 9.53. The first-order valence-corrected chi connectivity index (χ1v) is 11.8. The molecule has 0 unspecified atom stereocenters. The summed E-state index contributed by atoms with van der Waals surface area (Å²) in [5.41, 5.74) is 6.46. The van der Waals surface area contributed by atoms with Crippen LogP contribution in [-0.4, -0.2) is 58.7 Å². The van der Waals surface area contributed by atoms with Crippen molar-refractivity contribution in [2.24, 2.45) is 11.1 Å². The number of ether oxygens (including phenoxy) is 3. The van der Waals surface area contributed by atoms with E-state index in [0.29, 0.717) is 16.3 Å². The van der Waals surface area contributed by atoms with Gasteiger partial charge in [-0.15, -0.1) is 0 Å². The number of methoxy groups -OCH3 is 1. The monoisotopic (exact) mass is 507 g/mol. The predicted octanol–water partition coefficient (Wildman–Crippen LogP) is 2.66. The van der Waals surface area contributed by atoms with Crippen LogP contribution in [0.5, 0.6) is 16.8 Å². The molecule has 3 aromatic rings. The second-order valence-corrected chi connectivity index (χ2v) is 9.83. The number of carbonyl (C=O) groups is 2. The van der Waals surface area contributed by atoms with Crippen molar-refractivity contribution in [3.05, 3.63) is 35.0 Å². The minimum Gasteiger partial charge on any atom is -0.486 e. The lowest BCUT2D eigenvalue weighted by Crippen LogP contribution is -2.58. The fourth-order valence-corrected chi connectivity index (χ4v) is 5.49. The second kappa shape index (κ2) is 8.95. The van der Waals surface area contributed by atoms with Crippen molar-refractivity contribution in [3.8, 4) is 16.8 Å². The molecule has 0 radical (unpaired) electrons. The Morgan fingerprint density at radius 1 is 1.31 bits per heavy atom. The van der Waals surface area contributed by atoms with Crippen LogP contribution < -0.4 is 25.3 Å². The number of aromatic nitrogens is 3. The molecule has 3 heterocycles. The van der Waals surface area contributed by atoms with Gasteiger partial charge in [0.05, 0.1) is 30.6 Å². The first-order chi connectivity index (χ1) is 16.7. The van der Waals surface area contributed by atoms with Crippen LogP contribution in [0.3, 0.4) is 0 Å². The zero-order chi connectivity index (χ0) is 24.7. The molecule has 0 saturated heterocycles. The molecular weight excluding hydrogens is 484 g/mol. The molecule has 2 saturated carbocycles. The largest absolute Gasteiger partial charge is 0.486 e. The summed E-state index contributed by atoms with van der Waals surface area (Å²) < 4.78 is 42.1. The zero-order valence-electron chi connectivity index (χ0n) is 18.7. The van der Waals surface area contributed by atoms with Crippen molar-refractivity contribution in [2.45, 2.75) is 44.3 Å². The molecule has 35 heavy (non-hydrogen) atoms. The van der Waals surface area contributed by atoms with Crippen LogP contribution in [0.25, 0.3) is 5.52 Å². The highest BCUT2D eigenvalue weighted by atomic mass is 32.1. The first-order valence-electron chi connectivity index (χ1n) is 11.0. The molecule has 2 fully saturated rings. The number of halogens is 2. The Labute approximate surface area is 202 Å². The number of fused-ring (bicyclic) bond motifs is 1. The second-order valence-electron chi connectivity index (χ2n) is 8.86. The summed E-state index contributed by atoms with van der Waals surface area (Å²) in [7, 11) is 1.46. The number of nitrogens with one attached hydrogen (secondary N) is 1. The van der Waals surface area contributed by atoms with Gasteiger partial charge in [-0.3, -0.25) is 9.59 Å². The van der Waals surface area contributed by atoms with E-state index in [1.807, 2.05) is 0 Å². The van der Waals surface area contributed by atoms with E-state index in [4.69, 9.17) is 19.9 Å². The number of pyridine rings is 1. The number of primary amides is 1. The molecule has 10 nitrogen and oxygen atoms in total. The van der Waals surface area contributed by atoms with Gasteiger partial charge in [0.15, 0.2) is 4.88 Å². The number of hydrogen-bond acceptors (Lipinski definition) is 8. The van der Waals surface area contributed by atoms with Crippen molar-refractivity contribution in [1.29, 1.82) is 0 Å². The molecule has 1 spiro atoms. The van der Waals surface area contributed by atoms with E-state index in [1.54, 1.807) is 6.07 Å². The maximum absolute atomic E-state index is 12.8. The summed E-state index contributed by atoms with van der Waals surface area (Å²) in [5, 5.41) is 7.49. The third-order valence-corrected chi connectivity index (χ3v) is 7.39. The van der Waals surface area contributed by atoms with Crippen molar-refractivity contribution >= 4 is 28.7 Å². The summed E-state index contributed by atoms with van der Waals surface area (Å²) >= 11 is 1.05. The average molecular weight is 508 g/mol. The van der Waals surface area contributed by atoms with E-state index in [9.17, 15) is 18.4 Å². The van der Waals surface area contributed by atoms with Crippen molar-refractivity contribution in [2.75, 3.05) is 13.7 Å². The Morgan fingerprint density at radius 2 is 2.09 bits per heavy atom. The molecule has 3 N–H and O–H groups in total. The van der Waals surface area contributed by atoms with Gasteiger partial charge in [-0.05, 0) is 43.2 Å². The van der Waals surface area contributed by atoms with Crippen LogP contribution in [0.15, 0.2) is 24.5 Å². The highest BCUT2D eigenvalue weighted by Gasteiger charge is 2.54. The molecule has 0 bridgehead atoms. The summed E-state index contributed by atoms with van der Waals surface area (Å²) in [5.74, 6) is -0.395. The fourth-order valence-electron chi connectivity index (χ4n) is 4.83. The van der Waals surface area contributed by atoms with Crippen molar-refractivity contribution in [3.63, 3.8) is 0 Å². The van der Waals surface area contributed by atoms with E-state index in [-0.39, 0.29) is 40.0 Å². The molecule has 186 valence electrons. The predicted molar refractivity (Wildman–Crippen MR) is 120 cm³/mol. The van der Waals surface area contributed by atoms with Gasteiger partial charge in [-0.2, -0.15) is 10.1 Å². The topological polar surface area (TPSA) is 130 Å². The van der Waals surface area contributed by atoms with Gasteiger partial charge in [-0.1, -0.05) is 11.3 Å². The molecule has 0 atom stereocenters. The quantitative estimate of drug-likeness (QED) is 0.455. The van der Waals surface area contributed by atoms with Gasteiger partial charge in [0.2, 0.25) is 5.88 Å². The molecule has 0 aliphatic heterocycles. The molecule has 2 aliphatic rings. The van der Waals surface area contributed by atoms with Crippen molar-refractivity contribution in [1.82, 2.24) is 19.9 Å². The van der Waals surface area contributed by atoms with Crippen LogP contribution in [0.2, 0.25) is 0 Å². The smallest absolute Gasteiger partial charge is 0.277 e. The van der Waals surface area contributed by atoms with E-state index in [0.717, 1.165) is 37.0 Å². The number of rotatable bonds is 9. The summed E-state index contributed by atoms with van der Waals surface area (Å²) in [4.78, 5) is 28.8. The Hall–Kier alpha value is -3.48. The van der Waals surface area contributed by atoms with Crippen LogP contribution in [0.1, 0.15) is 45.7 Å². The number of nitrogens with two attached hydrogens (primary N) is 1. The number of hydrogen-bond donors (Lipinski definition) is 2. The summed E-state index contributed by atoms with van der Waals surface area (Å²) in [6, 6.07) is 3.18. The molecule has 2 aliphatic carbocycles. The summed E-state index contributed by atoms with van der Waals surface area (Å²) in [6.07, 6.45) is 3.52. The molecular formula is C22H23F2N5O5S. The lowest BCUT2D eigenvalue weighted by molar-refractivity contribution is -0.0846. The third kappa shape index (κ3) is 4.59. The summed E-state index contributed by atoms with van der Waals surface area (Å²) in [6.45, 7) is -0.709.